The number of anilines is 1. The van der Waals surface area contributed by atoms with E-state index in [4.69, 9.17) is 0 Å². The van der Waals surface area contributed by atoms with E-state index < -0.39 is 21.7 Å². The largest absolute Gasteiger partial charge is 0.367 e. The number of rotatable bonds is 4. The first-order chi connectivity index (χ1) is 11.9. The fourth-order valence-electron chi connectivity index (χ4n) is 2.95. The van der Waals surface area contributed by atoms with E-state index in [1.807, 2.05) is 19.1 Å². The van der Waals surface area contributed by atoms with E-state index in [9.17, 15) is 17.2 Å². The Bertz CT molecular complexity index is 846. The second-order valence-corrected chi connectivity index (χ2v) is 7.92. The van der Waals surface area contributed by atoms with E-state index in [-0.39, 0.29) is 18.0 Å². The molecule has 1 saturated heterocycles. The van der Waals surface area contributed by atoms with Crippen molar-refractivity contribution in [1.29, 1.82) is 0 Å². The molecule has 1 aliphatic rings. The average Bonchev–Trinajstić information content (AvgIpc) is 2.62. The van der Waals surface area contributed by atoms with Crippen LogP contribution in [-0.4, -0.2) is 38.9 Å². The van der Waals surface area contributed by atoms with E-state index in [1.165, 1.54) is 16.4 Å². The van der Waals surface area contributed by atoms with Crippen LogP contribution >= 0.6 is 0 Å². The molecule has 4 nitrogen and oxygen atoms in total. The van der Waals surface area contributed by atoms with E-state index in [0.29, 0.717) is 18.8 Å². The van der Waals surface area contributed by atoms with Crippen LogP contribution in [0.15, 0.2) is 47.4 Å². The van der Waals surface area contributed by atoms with Crippen LogP contribution < -0.4 is 4.90 Å². The zero-order valence-electron chi connectivity index (χ0n) is 14.0. The summed E-state index contributed by atoms with van der Waals surface area (Å²) in [5, 5.41) is 0. The molecule has 0 amide bonds. The molecule has 7 heteroatoms. The van der Waals surface area contributed by atoms with Crippen LogP contribution in [0.1, 0.15) is 12.5 Å². The minimum Gasteiger partial charge on any atom is -0.367 e. The lowest BCUT2D eigenvalue weighted by Crippen LogP contribution is -2.48. The summed E-state index contributed by atoms with van der Waals surface area (Å²) in [5.74, 6) is -1.26. The number of sulfonamides is 1. The third kappa shape index (κ3) is 3.67. The van der Waals surface area contributed by atoms with Gasteiger partial charge in [-0.05, 0) is 36.2 Å². The predicted molar refractivity (Wildman–Crippen MR) is 93.1 cm³/mol. The van der Waals surface area contributed by atoms with Crippen molar-refractivity contribution in [2.24, 2.45) is 0 Å². The molecule has 1 fully saturated rings. The summed E-state index contributed by atoms with van der Waals surface area (Å²) in [4.78, 5) is 2.01. The molecule has 0 aliphatic carbocycles. The molecule has 25 heavy (non-hydrogen) atoms. The van der Waals surface area contributed by atoms with Gasteiger partial charge in [0.15, 0.2) is 0 Å². The van der Waals surface area contributed by atoms with Crippen LogP contribution in [-0.2, 0) is 16.4 Å². The Balaban J connectivity index is 1.72. The van der Waals surface area contributed by atoms with Crippen LogP contribution in [0.4, 0.5) is 14.5 Å². The molecule has 2 aromatic carbocycles. The van der Waals surface area contributed by atoms with Crippen molar-refractivity contribution < 1.29 is 17.2 Å². The molecule has 0 N–H and O–H groups in total. The topological polar surface area (TPSA) is 40.6 Å². The number of hydrogen-bond acceptors (Lipinski definition) is 3. The van der Waals surface area contributed by atoms with Gasteiger partial charge in [-0.15, -0.1) is 0 Å². The van der Waals surface area contributed by atoms with E-state index in [0.717, 1.165) is 18.1 Å². The Morgan fingerprint density at radius 1 is 0.960 bits per heavy atom. The van der Waals surface area contributed by atoms with Crippen molar-refractivity contribution in [3.63, 3.8) is 0 Å². The molecule has 0 radical (unpaired) electrons. The molecule has 0 spiro atoms. The number of hydrogen-bond donors (Lipinski definition) is 0. The van der Waals surface area contributed by atoms with Crippen LogP contribution in [0.25, 0.3) is 0 Å². The van der Waals surface area contributed by atoms with Gasteiger partial charge >= 0.3 is 0 Å². The molecule has 0 bridgehead atoms. The predicted octanol–water partition coefficient (Wildman–Crippen LogP) is 3.04. The molecule has 0 atom stereocenters. The third-order valence-corrected chi connectivity index (χ3v) is 6.37. The van der Waals surface area contributed by atoms with Crippen LogP contribution in [0.3, 0.4) is 0 Å². The SMILES string of the molecule is CCc1ccc(S(=O)(=O)N2CCN(c3ccc(F)cc3F)CC2)cc1. The highest BCUT2D eigenvalue weighted by Gasteiger charge is 2.29. The number of benzene rings is 2. The number of halogens is 2. The van der Waals surface area contributed by atoms with E-state index in [1.54, 1.807) is 17.0 Å². The summed E-state index contributed by atoms with van der Waals surface area (Å²) in [6, 6.07) is 10.3. The molecule has 0 saturated carbocycles. The lowest BCUT2D eigenvalue weighted by Gasteiger charge is -2.35. The van der Waals surface area contributed by atoms with Crippen LogP contribution in [0.5, 0.6) is 0 Å². The van der Waals surface area contributed by atoms with Crippen LogP contribution in [0, 0.1) is 11.6 Å². The number of piperazine rings is 1. The van der Waals surface area contributed by atoms with Gasteiger partial charge in [-0.3, -0.25) is 0 Å². The molecule has 1 aliphatic heterocycles. The van der Waals surface area contributed by atoms with Gasteiger partial charge in [0, 0.05) is 32.2 Å². The molecule has 3 rings (SSSR count). The second kappa shape index (κ2) is 7.09. The molecule has 1 heterocycles. The fraction of sp³-hybridized carbons (Fsp3) is 0.333. The van der Waals surface area contributed by atoms with Gasteiger partial charge < -0.3 is 4.90 Å². The summed E-state index contributed by atoms with van der Waals surface area (Å²) in [6.45, 7) is 3.24. The van der Waals surface area contributed by atoms with E-state index in [2.05, 4.69) is 0 Å². The van der Waals surface area contributed by atoms with Crippen molar-refractivity contribution >= 4 is 15.7 Å². The minimum absolute atomic E-state index is 0.259. The van der Waals surface area contributed by atoms with E-state index >= 15 is 0 Å². The summed E-state index contributed by atoms with van der Waals surface area (Å²) < 4.78 is 53.8. The first-order valence-electron chi connectivity index (χ1n) is 8.21. The summed E-state index contributed by atoms with van der Waals surface area (Å²) in [7, 11) is -3.56. The maximum Gasteiger partial charge on any atom is 0.243 e. The maximum atomic E-state index is 13.9. The lowest BCUT2D eigenvalue weighted by atomic mass is 10.2. The number of aryl methyl sites for hydroxylation is 1. The smallest absolute Gasteiger partial charge is 0.243 e. The first kappa shape index (κ1) is 17.8. The third-order valence-electron chi connectivity index (χ3n) is 4.46. The first-order valence-corrected chi connectivity index (χ1v) is 9.65. The lowest BCUT2D eigenvalue weighted by molar-refractivity contribution is 0.383. The Hall–Kier alpha value is -1.99. The van der Waals surface area contributed by atoms with Crippen molar-refractivity contribution in [2.75, 3.05) is 31.1 Å². The molecule has 2 aromatic rings. The van der Waals surface area contributed by atoms with Crippen molar-refractivity contribution in [3.05, 3.63) is 59.7 Å². The quantitative estimate of drug-likeness (QED) is 0.835. The average molecular weight is 366 g/mol. The molecular formula is C18H20F2N2O2S. The zero-order chi connectivity index (χ0) is 18.0. The molecule has 0 aromatic heterocycles. The van der Waals surface area contributed by atoms with Crippen molar-refractivity contribution in [1.82, 2.24) is 4.31 Å². The van der Waals surface area contributed by atoms with Gasteiger partial charge in [-0.25, -0.2) is 17.2 Å². The second-order valence-electron chi connectivity index (χ2n) is 5.98. The summed E-state index contributed by atoms with van der Waals surface area (Å²) >= 11 is 0. The minimum atomic E-state index is -3.56. The zero-order valence-corrected chi connectivity index (χ0v) is 14.8. The fourth-order valence-corrected chi connectivity index (χ4v) is 4.38. The Morgan fingerprint density at radius 2 is 1.60 bits per heavy atom. The van der Waals surface area contributed by atoms with Crippen LogP contribution in [0.2, 0.25) is 0 Å². The highest BCUT2D eigenvalue weighted by Crippen LogP contribution is 2.24. The number of nitrogens with zero attached hydrogens (tertiary/aromatic N) is 2. The van der Waals surface area contributed by atoms with Gasteiger partial charge in [0.1, 0.15) is 11.6 Å². The van der Waals surface area contributed by atoms with Gasteiger partial charge in [0.05, 0.1) is 10.6 Å². The monoisotopic (exact) mass is 366 g/mol. The standard InChI is InChI=1S/C18H20F2N2O2S/c1-2-14-3-6-16(7-4-14)25(23,24)22-11-9-21(10-12-22)18-8-5-15(19)13-17(18)20/h3-8,13H,2,9-12H2,1H3. The molecule has 0 unspecified atom stereocenters. The summed E-state index contributed by atoms with van der Waals surface area (Å²) in [6.07, 6.45) is 0.849. The van der Waals surface area contributed by atoms with Crippen molar-refractivity contribution in [2.45, 2.75) is 18.2 Å². The van der Waals surface area contributed by atoms with Gasteiger partial charge in [0.25, 0.3) is 0 Å². The molecule has 134 valence electrons. The van der Waals surface area contributed by atoms with Crippen molar-refractivity contribution in [3.8, 4) is 0 Å². The van der Waals surface area contributed by atoms with Gasteiger partial charge in [0.2, 0.25) is 10.0 Å². The maximum absolute atomic E-state index is 13.9. The Morgan fingerprint density at radius 3 is 2.16 bits per heavy atom. The normalized spacial score (nSPS) is 16.2. The summed E-state index contributed by atoms with van der Waals surface area (Å²) in [5.41, 5.74) is 1.38. The highest BCUT2D eigenvalue weighted by molar-refractivity contribution is 7.89. The van der Waals surface area contributed by atoms with Gasteiger partial charge in [-0.1, -0.05) is 19.1 Å². The molecular weight excluding hydrogens is 346 g/mol. The Kier molecular flexibility index (Phi) is 5.06. The Labute approximate surface area is 146 Å². The van der Waals surface area contributed by atoms with Gasteiger partial charge in [-0.2, -0.15) is 4.31 Å². The highest BCUT2D eigenvalue weighted by atomic mass is 32.2.